The molecule has 136 valence electrons. The van der Waals surface area contributed by atoms with Crippen molar-refractivity contribution in [3.63, 3.8) is 0 Å². The zero-order valence-electron chi connectivity index (χ0n) is 14.9. The fraction of sp³-hybridized carbons (Fsp3) is 0.238. The average Bonchev–Trinajstić information content (AvgIpc) is 2.64. The summed E-state index contributed by atoms with van der Waals surface area (Å²) in [5.74, 6) is -0.930. The Labute approximate surface area is 158 Å². The predicted octanol–water partition coefficient (Wildman–Crippen LogP) is 4.47. The van der Waals surface area contributed by atoms with Crippen LogP contribution >= 0.6 is 11.6 Å². The normalized spacial score (nSPS) is 12.0. The van der Waals surface area contributed by atoms with Crippen LogP contribution in [0.1, 0.15) is 36.1 Å². The summed E-state index contributed by atoms with van der Waals surface area (Å²) in [7, 11) is 0. The number of esters is 1. The SMILES string of the molecule is CC[C@@H](NC(=O)COC(=O)/C=C/c1ccccc1Cl)c1ccc(C)cc1. The van der Waals surface area contributed by atoms with Gasteiger partial charge >= 0.3 is 5.97 Å². The van der Waals surface area contributed by atoms with Gasteiger partial charge in [-0.2, -0.15) is 0 Å². The third kappa shape index (κ3) is 6.05. The second kappa shape index (κ2) is 9.78. The van der Waals surface area contributed by atoms with Crippen molar-refractivity contribution < 1.29 is 14.3 Å². The topological polar surface area (TPSA) is 55.4 Å². The van der Waals surface area contributed by atoms with Crippen LogP contribution in [0.3, 0.4) is 0 Å². The van der Waals surface area contributed by atoms with Crippen LogP contribution in [0.15, 0.2) is 54.6 Å². The van der Waals surface area contributed by atoms with Gasteiger partial charge in [0.15, 0.2) is 6.61 Å². The first-order chi connectivity index (χ1) is 12.5. The number of aryl methyl sites for hydroxylation is 1. The van der Waals surface area contributed by atoms with Crippen molar-refractivity contribution in [1.29, 1.82) is 0 Å². The fourth-order valence-corrected chi connectivity index (χ4v) is 2.61. The minimum Gasteiger partial charge on any atom is -0.452 e. The number of ether oxygens (including phenoxy) is 1. The lowest BCUT2D eigenvalue weighted by molar-refractivity contribution is -0.144. The zero-order valence-corrected chi connectivity index (χ0v) is 15.6. The Morgan fingerprint density at radius 2 is 1.85 bits per heavy atom. The number of amides is 1. The quantitative estimate of drug-likeness (QED) is 0.577. The van der Waals surface area contributed by atoms with E-state index < -0.39 is 5.97 Å². The molecule has 0 aromatic heterocycles. The van der Waals surface area contributed by atoms with E-state index in [0.29, 0.717) is 10.6 Å². The van der Waals surface area contributed by atoms with Crippen LogP contribution in [0, 0.1) is 6.92 Å². The van der Waals surface area contributed by atoms with Crippen LogP contribution in [0.5, 0.6) is 0 Å². The first-order valence-corrected chi connectivity index (χ1v) is 8.82. The van der Waals surface area contributed by atoms with Gasteiger partial charge in [0.2, 0.25) is 0 Å². The van der Waals surface area contributed by atoms with E-state index in [-0.39, 0.29) is 18.6 Å². The van der Waals surface area contributed by atoms with Gasteiger partial charge in [0.25, 0.3) is 5.91 Å². The molecule has 0 saturated heterocycles. The highest BCUT2D eigenvalue weighted by Gasteiger charge is 2.13. The summed E-state index contributed by atoms with van der Waals surface area (Å²) in [5.41, 5.74) is 2.89. The number of carbonyl (C=O) groups excluding carboxylic acids is 2. The smallest absolute Gasteiger partial charge is 0.331 e. The third-order valence-corrected chi connectivity index (χ3v) is 4.22. The summed E-state index contributed by atoms with van der Waals surface area (Å²) >= 11 is 6.01. The molecule has 0 aliphatic carbocycles. The molecule has 0 radical (unpaired) electrons. The largest absolute Gasteiger partial charge is 0.452 e. The van der Waals surface area contributed by atoms with E-state index in [0.717, 1.165) is 17.5 Å². The van der Waals surface area contributed by atoms with Gasteiger partial charge in [-0.05, 0) is 36.6 Å². The van der Waals surface area contributed by atoms with Crippen LogP contribution in [-0.2, 0) is 14.3 Å². The maximum atomic E-state index is 12.1. The molecule has 26 heavy (non-hydrogen) atoms. The molecule has 4 nitrogen and oxygen atoms in total. The highest BCUT2D eigenvalue weighted by Crippen LogP contribution is 2.17. The number of nitrogens with one attached hydrogen (secondary N) is 1. The highest BCUT2D eigenvalue weighted by atomic mass is 35.5. The number of rotatable bonds is 7. The molecule has 2 rings (SSSR count). The molecular weight excluding hydrogens is 350 g/mol. The lowest BCUT2D eigenvalue weighted by atomic mass is 10.0. The highest BCUT2D eigenvalue weighted by molar-refractivity contribution is 6.32. The summed E-state index contributed by atoms with van der Waals surface area (Å²) < 4.78 is 4.98. The van der Waals surface area contributed by atoms with Crippen molar-refractivity contribution in [1.82, 2.24) is 5.32 Å². The van der Waals surface area contributed by atoms with Crippen LogP contribution in [0.2, 0.25) is 5.02 Å². The molecule has 1 amide bonds. The maximum absolute atomic E-state index is 12.1. The molecule has 0 aliphatic rings. The molecule has 2 aromatic carbocycles. The van der Waals surface area contributed by atoms with Gasteiger partial charge in [-0.25, -0.2) is 4.79 Å². The molecule has 0 bridgehead atoms. The van der Waals surface area contributed by atoms with E-state index in [1.807, 2.05) is 44.2 Å². The van der Waals surface area contributed by atoms with E-state index in [1.54, 1.807) is 24.3 Å². The molecule has 0 saturated carbocycles. The van der Waals surface area contributed by atoms with Gasteiger partial charge in [0.05, 0.1) is 6.04 Å². The van der Waals surface area contributed by atoms with Crippen molar-refractivity contribution in [3.8, 4) is 0 Å². The Morgan fingerprint density at radius 1 is 1.15 bits per heavy atom. The number of hydrogen-bond donors (Lipinski definition) is 1. The zero-order chi connectivity index (χ0) is 18.9. The number of benzene rings is 2. The van der Waals surface area contributed by atoms with Crippen LogP contribution < -0.4 is 5.32 Å². The molecule has 0 aliphatic heterocycles. The number of hydrogen-bond acceptors (Lipinski definition) is 3. The van der Waals surface area contributed by atoms with Crippen molar-refractivity contribution >= 4 is 29.6 Å². The monoisotopic (exact) mass is 371 g/mol. The Balaban J connectivity index is 1.84. The first kappa shape index (κ1) is 19.7. The van der Waals surface area contributed by atoms with E-state index in [1.165, 1.54) is 6.08 Å². The van der Waals surface area contributed by atoms with Gasteiger partial charge in [0, 0.05) is 11.1 Å². The van der Waals surface area contributed by atoms with Crippen molar-refractivity contribution in [2.45, 2.75) is 26.3 Å². The standard InChI is InChI=1S/C21H22ClNO3/c1-3-19(17-10-8-15(2)9-11-17)23-20(24)14-26-21(25)13-12-16-6-4-5-7-18(16)22/h4-13,19H,3,14H2,1-2H3,(H,23,24)/b13-12+/t19-/m1/s1. The van der Waals surface area contributed by atoms with Crippen molar-refractivity contribution in [2.24, 2.45) is 0 Å². The lowest BCUT2D eigenvalue weighted by Crippen LogP contribution is -2.32. The summed E-state index contributed by atoms with van der Waals surface area (Å²) in [4.78, 5) is 23.8. The number of halogens is 1. The van der Waals surface area contributed by atoms with E-state index in [9.17, 15) is 9.59 Å². The minimum absolute atomic E-state index is 0.111. The van der Waals surface area contributed by atoms with Crippen LogP contribution in [0.25, 0.3) is 6.08 Å². The van der Waals surface area contributed by atoms with Gasteiger partial charge < -0.3 is 10.1 Å². The minimum atomic E-state index is -0.594. The second-order valence-corrected chi connectivity index (χ2v) is 6.31. The Kier molecular flexibility index (Phi) is 7.42. The van der Waals surface area contributed by atoms with Crippen LogP contribution in [0.4, 0.5) is 0 Å². The first-order valence-electron chi connectivity index (χ1n) is 8.45. The lowest BCUT2D eigenvalue weighted by Gasteiger charge is -2.17. The summed E-state index contributed by atoms with van der Waals surface area (Å²) in [6.07, 6.45) is 3.56. The van der Waals surface area contributed by atoms with Crippen molar-refractivity contribution in [2.75, 3.05) is 6.61 Å². The Bertz CT molecular complexity index is 784. The Hall–Kier alpha value is -2.59. The molecule has 5 heteroatoms. The van der Waals surface area contributed by atoms with E-state index in [4.69, 9.17) is 16.3 Å². The molecule has 1 N–H and O–H groups in total. The van der Waals surface area contributed by atoms with Gasteiger partial charge in [-0.15, -0.1) is 0 Å². The molecule has 0 fully saturated rings. The van der Waals surface area contributed by atoms with E-state index >= 15 is 0 Å². The molecule has 0 heterocycles. The summed E-state index contributed by atoms with van der Waals surface area (Å²) in [6.45, 7) is 3.68. The maximum Gasteiger partial charge on any atom is 0.331 e. The van der Waals surface area contributed by atoms with Crippen molar-refractivity contribution in [3.05, 3.63) is 76.3 Å². The summed E-state index contributed by atoms with van der Waals surface area (Å²) in [5, 5.41) is 3.42. The van der Waals surface area contributed by atoms with Gasteiger partial charge in [-0.1, -0.05) is 66.6 Å². The molecule has 0 unspecified atom stereocenters. The molecule has 2 aromatic rings. The second-order valence-electron chi connectivity index (χ2n) is 5.90. The predicted molar refractivity (Wildman–Crippen MR) is 104 cm³/mol. The fourth-order valence-electron chi connectivity index (χ4n) is 2.41. The summed E-state index contributed by atoms with van der Waals surface area (Å²) in [6, 6.07) is 15.0. The Morgan fingerprint density at radius 3 is 2.50 bits per heavy atom. The number of carbonyl (C=O) groups is 2. The average molecular weight is 372 g/mol. The van der Waals surface area contributed by atoms with Gasteiger partial charge in [0.1, 0.15) is 0 Å². The van der Waals surface area contributed by atoms with Crippen LogP contribution in [-0.4, -0.2) is 18.5 Å². The molecule has 1 atom stereocenters. The van der Waals surface area contributed by atoms with E-state index in [2.05, 4.69) is 5.32 Å². The molecule has 0 spiro atoms. The van der Waals surface area contributed by atoms with Gasteiger partial charge in [-0.3, -0.25) is 4.79 Å². The molecular formula is C21H22ClNO3. The third-order valence-electron chi connectivity index (χ3n) is 3.87.